The minimum absolute atomic E-state index is 0.449. The van der Waals surface area contributed by atoms with Crippen LogP contribution in [0.3, 0.4) is 0 Å². The molecule has 21 heavy (non-hydrogen) atoms. The SMILES string of the molecule is OC(CC1Cc2ccccc21)c1ccc2nccnc2c1. The fourth-order valence-electron chi connectivity index (χ4n) is 3.17. The number of rotatable bonds is 3. The summed E-state index contributed by atoms with van der Waals surface area (Å²) in [7, 11) is 0. The van der Waals surface area contributed by atoms with Crippen LogP contribution in [0.1, 0.15) is 35.1 Å². The van der Waals surface area contributed by atoms with Gasteiger partial charge in [0.25, 0.3) is 0 Å². The third-order valence-corrected chi connectivity index (χ3v) is 4.35. The third kappa shape index (κ3) is 2.20. The molecule has 1 aromatic heterocycles. The Balaban J connectivity index is 1.56. The predicted octanol–water partition coefficient (Wildman–Crippen LogP) is 3.39. The Bertz CT molecular complexity index is 800. The summed E-state index contributed by atoms with van der Waals surface area (Å²) in [6.07, 6.45) is 4.75. The van der Waals surface area contributed by atoms with Crippen molar-refractivity contribution in [3.8, 4) is 0 Å². The number of hydrogen-bond acceptors (Lipinski definition) is 3. The topological polar surface area (TPSA) is 46.0 Å². The highest BCUT2D eigenvalue weighted by atomic mass is 16.3. The molecule has 1 aliphatic carbocycles. The van der Waals surface area contributed by atoms with E-state index in [2.05, 4.69) is 34.2 Å². The van der Waals surface area contributed by atoms with Crippen molar-refractivity contribution in [1.82, 2.24) is 9.97 Å². The summed E-state index contributed by atoms with van der Waals surface area (Å²) in [5.41, 5.74) is 5.43. The van der Waals surface area contributed by atoms with Gasteiger partial charge in [0.2, 0.25) is 0 Å². The number of benzene rings is 2. The van der Waals surface area contributed by atoms with Crippen molar-refractivity contribution in [2.45, 2.75) is 24.9 Å². The zero-order valence-corrected chi connectivity index (χ0v) is 11.6. The first kappa shape index (κ1) is 12.5. The van der Waals surface area contributed by atoms with Crippen molar-refractivity contribution >= 4 is 11.0 Å². The molecule has 2 atom stereocenters. The number of fused-ring (bicyclic) bond motifs is 2. The molecular weight excluding hydrogens is 260 g/mol. The molecule has 3 aromatic rings. The lowest BCUT2D eigenvalue weighted by Gasteiger charge is -2.31. The van der Waals surface area contributed by atoms with Gasteiger partial charge in [0, 0.05) is 12.4 Å². The van der Waals surface area contributed by atoms with Crippen LogP contribution in [0.25, 0.3) is 11.0 Å². The maximum atomic E-state index is 10.5. The third-order valence-electron chi connectivity index (χ3n) is 4.35. The molecule has 0 fully saturated rings. The van der Waals surface area contributed by atoms with Gasteiger partial charge < -0.3 is 5.11 Å². The van der Waals surface area contributed by atoms with Crippen LogP contribution in [0, 0.1) is 0 Å². The number of aliphatic hydroxyl groups excluding tert-OH is 1. The van der Waals surface area contributed by atoms with Gasteiger partial charge in [-0.15, -0.1) is 0 Å². The van der Waals surface area contributed by atoms with Gasteiger partial charge in [-0.05, 0) is 47.6 Å². The van der Waals surface area contributed by atoms with Crippen LogP contribution >= 0.6 is 0 Å². The zero-order chi connectivity index (χ0) is 14.2. The normalized spacial score (nSPS) is 18.0. The van der Waals surface area contributed by atoms with Crippen molar-refractivity contribution in [2.75, 3.05) is 0 Å². The van der Waals surface area contributed by atoms with E-state index in [0.717, 1.165) is 29.4 Å². The standard InChI is InChI=1S/C18H16N2O/c21-18(11-14-9-12-3-1-2-4-15(12)14)13-5-6-16-17(10-13)20-8-7-19-16/h1-8,10,14,18,21H,9,11H2. The largest absolute Gasteiger partial charge is 0.388 e. The Morgan fingerprint density at radius 1 is 1.05 bits per heavy atom. The minimum atomic E-state index is -0.449. The van der Waals surface area contributed by atoms with E-state index < -0.39 is 6.10 Å². The van der Waals surface area contributed by atoms with Crippen LogP contribution in [-0.2, 0) is 6.42 Å². The molecule has 0 aliphatic heterocycles. The summed E-state index contributed by atoms with van der Waals surface area (Å²) >= 11 is 0. The van der Waals surface area contributed by atoms with Gasteiger partial charge in [0.15, 0.2) is 0 Å². The molecule has 2 aromatic carbocycles. The van der Waals surface area contributed by atoms with Gasteiger partial charge in [-0.2, -0.15) is 0 Å². The maximum Gasteiger partial charge on any atom is 0.0890 e. The molecule has 0 saturated heterocycles. The molecular formula is C18H16N2O. The number of hydrogen-bond donors (Lipinski definition) is 1. The van der Waals surface area contributed by atoms with Gasteiger partial charge in [0.1, 0.15) is 0 Å². The second kappa shape index (κ2) is 4.93. The molecule has 0 radical (unpaired) electrons. The lowest BCUT2D eigenvalue weighted by Crippen LogP contribution is -2.19. The van der Waals surface area contributed by atoms with E-state index in [-0.39, 0.29) is 0 Å². The van der Waals surface area contributed by atoms with Crippen LogP contribution in [-0.4, -0.2) is 15.1 Å². The molecule has 1 N–H and O–H groups in total. The van der Waals surface area contributed by atoms with Crippen LogP contribution in [0.4, 0.5) is 0 Å². The van der Waals surface area contributed by atoms with Crippen molar-refractivity contribution in [3.63, 3.8) is 0 Å². The lowest BCUT2D eigenvalue weighted by atomic mass is 9.74. The van der Waals surface area contributed by atoms with Gasteiger partial charge >= 0.3 is 0 Å². The lowest BCUT2D eigenvalue weighted by molar-refractivity contribution is 0.154. The van der Waals surface area contributed by atoms with Crippen molar-refractivity contribution in [1.29, 1.82) is 0 Å². The monoisotopic (exact) mass is 276 g/mol. The van der Waals surface area contributed by atoms with Crippen LogP contribution in [0.5, 0.6) is 0 Å². The minimum Gasteiger partial charge on any atom is -0.388 e. The van der Waals surface area contributed by atoms with Crippen LogP contribution < -0.4 is 0 Å². The van der Waals surface area contributed by atoms with E-state index in [9.17, 15) is 5.11 Å². The number of aliphatic hydroxyl groups is 1. The highest BCUT2D eigenvalue weighted by Gasteiger charge is 2.27. The van der Waals surface area contributed by atoms with E-state index in [1.165, 1.54) is 11.1 Å². The summed E-state index contributed by atoms with van der Waals surface area (Å²) < 4.78 is 0. The van der Waals surface area contributed by atoms with Gasteiger partial charge in [-0.1, -0.05) is 30.3 Å². The predicted molar refractivity (Wildman–Crippen MR) is 82.0 cm³/mol. The summed E-state index contributed by atoms with van der Waals surface area (Å²) in [6.45, 7) is 0. The molecule has 2 unspecified atom stereocenters. The fourth-order valence-corrected chi connectivity index (χ4v) is 3.17. The molecule has 104 valence electrons. The summed E-state index contributed by atoms with van der Waals surface area (Å²) in [4.78, 5) is 8.56. The Morgan fingerprint density at radius 3 is 2.71 bits per heavy atom. The zero-order valence-electron chi connectivity index (χ0n) is 11.6. The first-order valence-electron chi connectivity index (χ1n) is 7.28. The van der Waals surface area contributed by atoms with E-state index in [4.69, 9.17) is 0 Å². The first-order chi connectivity index (χ1) is 10.3. The fraction of sp³-hybridized carbons (Fsp3) is 0.222. The van der Waals surface area contributed by atoms with Crippen molar-refractivity contribution in [3.05, 3.63) is 71.5 Å². The Labute approximate surface area is 123 Å². The smallest absolute Gasteiger partial charge is 0.0890 e. The van der Waals surface area contributed by atoms with E-state index in [1.54, 1.807) is 12.4 Å². The molecule has 0 bridgehead atoms. The highest BCUT2D eigenvalue weighted by Crippen LogP contribution is 2.40. The van der Waals surface area contributed by atoms with Crippen LogP contribution in [0.15, 0.2) is 54.9 Å². The van der Waals surface area contributed by atoms with Crippen LogP contribution in [0.2, 0.25) is 0 Å². The van der Waals surface area contributed by atoms with Gasteiger partial charge in [0.05, 0.1) is 17.1 Å². The Morgan fingerprint density at radius 2 is 1.86 bits per heavy atom. The second-order valence-electron chi connectivity index (χ2n) is 5.66. The van der Waals surface area contributed by atoms with Crippen molar-refractivity contribution < 1.29 is 5.11 Å². The highest BCUT2D eigenvalue weighted by molar-refractivity contribution is 5.74. The first-order valence-corrected chi connectivity index (χ1v) is 7.28. The molecule has 0 spiro atoms. The number of nitrogens with zero attached hydrogens (tertiary/aromatic N) is 2. The Hall–Kier alpha value is -2.26. The maximum absolute atomic E-state index is 10.5. The molecule has 3 nitrogen and oxygen atoms in total. The summed E-state index contributed by atoms with van der Waals surface area (Å²) in [5.74, 6) is 0.466. The number of aromatic nitrogens is 2. The van der Waals surface area contributed by atoms with Gasteiger partial charge in [-0.25, -0.2) is 0 Å². The molecule has 0 amide bonds. The average molecular weight is 276 g/mol. The van der Waals surface area contributed by atoms with E-state index in [0.29, 0.717) is 5.92 Å². The molecule has 1 aliphatic rings. The van der Waals surface area contributed by atoms with Gasteiger partial charge in [-0.3, -0.25) is 9.97 Å². The summed E-state index contributed by atoms with van der Waals surface area (Å²) in [6, 6.07) is 14.3. The molecule has 4 rings (SSSR count). The quantitative estimate of drug-likeness (QED) is 0.797. The average Bonchev–Trinajstić information content (AvgIpc) is 2.52. The second-order valence-corrected chi connectivity index (χ2v) is 5.66. The van der Waals surface area contributed by atoms with E-state index >= 15 is 0 Å². The van der Waals surface area contributed by atoms with Crippen molar-refractivity contribution in [2.24, 2.45) is 0 Å². The molecule has 3 heteroatoms. The molecule has 0 saturated carbocycles. The van der Waals surface area contributed by atoms with E-state index in [1.807, 2.05) is 18.2 Å². The Kier molecular flexibility index (Phi) is 2.93. The summed E-state index contributed by atoms with van der Waals surface area (Å²) in [5, 5.41) is 10.5. The molecule has 1 heterocycles.